The number of rotatable bonds is 6. The van der Waals surface area contributed by atoms with E-state index in [2.05, 4.69) is 168 Å². The van der Waals surface area contributed by atoms with E-state index < -0.39 is 0 Å². The van der Waals surface area contributed by atoms with Crippen LogP contribution in [0.1, 0.15) is 0 Å². The molecule has 0 aliphatic carbocycles. The van der Waals surface area contributed by atoms with Crippen molar-refractivity contribution in [3.63, 3.8) is 0 Å². The van der Waals surface area contributed by atoms with Gasteiger partial charge in [0.2, 0.25) is 0 Å². The van der Waals surface area contributed by atoms with Gasteiger partial charge in [0.1, 0.15) is 0 Å². The molecule has 10 rings (SSSR count). The molecule has 0 aliphatic heterocycles. The van der Waals surface area contributed by atoms with Crippen molar-refractivity contribution in [2.24, 2.45) is 0 Å². The van der Waals surface area contributed by atoms with E-state index in [1.165, 1.54) is 49.3 Å². The van der Waals surface area contributed by atoms with E-state index in [1.54, 1.807) is 0 Å². The highest BCUT2D eigenvalue weighted by atomic mass is 15.0. The van der Waals surface area contributed by atoms with Crippen LogP contribution in [0.4, 0.5) is 0 Å². The third-order valence-electron chi connectivity index (χ3n) is 10.1. The summed E-state index contributed by atoms with van der Waals surface area (Å²) < 4.78 is 2.32. The Bertz CT molecular complexity index is 2870. The SMILES string of the molecule is c1ccc(-c2nc(-c3ccc(-n4c5ccccc5c5ccccc54)cc3)nc(-c3cccc(-c4cccc5cccc(-c6ccccc6)c45)c3)n2)cc1. The highest BCUT2D eigenvalue weighted by molar-refractivity contribution is 6.09. The minimum Gasteiger partial charge on any atom is -0.309 e. The van der Waals surface area contributed by atoms with Gasteiger partial charge in [-0.2, -0.15) is 0 Å². The van der Waals surface area contributed by atoms with E-state index in [0.717, 1.165) is 27.9 Å². The molecule has 4 heteroatoms. The molecule has 2 aromatic heterocycles. The fraction of sp³-hybridized carbons (Fsp3) is 0. The Hall–Kier alpha value is -7.17. The van der Waals surface area contributed by atoms with E-state index in [0.29, 0.717) is 17.5 Å². The van der Waals surface area contributed by atoms with Crippen LogP contribution in [-0.2, 0) is 0 Å². The van der Waals surface area contributed by atoms with Crippen molar-refractivity contribution in [1.82, 2.24) is 19.5 Å². The Labute approximate surface area is 307 Å². The molecule has 0 atom stereocenters. The van der Waals surface area contributed by atoms with Gasteiger partial charge >= 0.3 is 0 Å². The molecular weight excluding hydrogens is 645 g/mol. The number of para-hydroxylation sites is 2. The van der Waals surface area contributed by atoms with Crippen molar-refractivity contribution in [1.29, 1.82) is 0 Å². The number of hydrogen-bond donors (Lipinski definition) is 0. The summed E-state index contributed by atoms with van der Waals surface area (Å²) in [5, 5.41) is 4.91. The Morgan fingerprint density at radius 2 is 0.774 bits per heavy atom. The van der Waals surface area contributed by atoms with Gasteiger partial charge in [-0.1, -0.05) is 152 Å². The largest absolute Gasteiger partial charge is 0.309 e. The molecule has 0 N–H and O–H groups in total. The molecule has 0 unspecified atom stereocenters. The maximum Gasteiger partial charge on any atom is 0.164 e. The average molecular weight is 677 g/mol. The average Bonchev–Trinajstić information content (AvgIpc) is 3.58. The zero-order valence-electron chi connectivity index (χ0n) is 28.8. The van der Waals surface area contributed by atoms with Gasteiger partial charge in [-0.25, -0.2) is 15.0 Å². The second-order valence-corrected chi connectivity index (χ2v) is 13.2. The summed E-state index contributed by atoms with van der Waals surface area (Å²) in [7, 11) is 0. The molecule has 0 fully saturated rings. The van der Waals surface area contributed by atoms with Crippen LogP contribution >= 0.6 is 0 Å². The second-order valence-electron chi connectivity index (χ2n) is 13.2. The normalized spacial score (nSPS) is 11.4. The van der Waals surface area contributed by atoms with Crippen molar-refractivity contribution >= 4 is 32.6 Å². The first-order valence-corrected chi connectivity index (χ1v) is 17.9. The fourth-order valence-electron chi connectivity index (χ4n) is 7.58. The monoisotopic (exact) mass is 676 g/mol. The Balaban J connectivity index is 1.10. The van der Waals surface area contributed by atoms with E-state index >= 15 is 0 Å². The first-order chi connectivity index (χ1) is 26.3. The molecule has 53 heavy (non-hydrogen) atoms. The first kappa shape index (κ1) is 30.6. The summed E-state index contributed by atoms with van der Waals surface area (Å²) in [6, 6.07) is 68.1. The standard InChI is InChI=1S/C49H32N4/c1-3-14-33(15-4-1)40-24-12-18-34-19-13-25-41(46(34)40)37-20-11-21-38(32-37)49-51-47(35-16-5-2-6-17-35)50-48(52-49)36-28-30-39(31-29-36)53-44-26-9-7-22-42(44)43-23-8-10-27-45(43)53/h1-32H. The lowest BCUT2D eigenvalue weighted by atomic mass is 9.91. The van der Waals surface area contributed by atoms with Crippen molar-refractivity contribution in [3.8, 4) is 62.1 Å². The molecule has 4 nitrogen and oxygen atoms in total. The zero-order valence-corrected chi connectivity index (χ0v) is 28.8. The smallest absolute Gasteiger partial charge is 0.164 e. The molecule has 0 bridgehead atoms. The van der Waals surface area contributed by atoms with Gasteiger partial charge in [-0.15, -0.1) is 0 Å². The van der Waals surface area contributed by atoms with Crippen molar-refractivity contribution < 1.29 is 0 Å². The number of aromatic nitrogens is 4. The minimum atomic E-state index is 0.629. The van der Waals surface area contributed by atoms with Crippen LogP contribution in [0.2, 0.25) is 0 Å². The van der Waals surface area contributed by atoms with Crippen LogP contribution in [0.15, 0.2) is 194 Å². The number of nitrogens with zero attached hydrogens (tertiary/aromatic N) is 4. The predicted molar refractivity (Wildman–Crippen MR) is 219 cm³/mol. The maximum atomic E-state index is 5.12. The van der Waals surface area contributed by atoms with Crippen LogP contribution in [0.5, 0.6) is 0 Å². The number of benzene rings is 8. The summed E-state index contributed by atoms with van der Waals surface area (Å²) in [4.78, 5) is 15.2. The predicted octanol–water partition coefficient (Wildman–Crippen LogP) is 12.5. The highest BCUT2D eigenvalue weighted by Gasteiger charge is 2.16. The van der Waals surface area contributed by atoms with E-state index in [1.807, 2.05) is 30.3 Å². The summed E-state index contributed by atoms with van der Waals surface area (Å²) in [5.41, 5.74) is 10.9. The maximum absolute atomic E-state index is 5.12. The van der Waals surface area contributed by atoms with Crippen molar-refractivity contribution in [2.45, 2.75) is 0 Å². The van der Waals surface area contributed by atoms with E-state index in [-0.39, 0.29) is 0 Å². The molecular formula is C49H32N4. The van der Waals surface area contributed by atoms with Gasteiger partial charge in [0.15, 0.2) is 17.5 Å². The molecule has 10 aromatic rings. The number of hydrogen-bond acceptors (Lipinski definition) is 3. The molecule has 0 amide bonds. The van der Waals surface area contributed by atoms with Gasteiger partial charge in [0, 0.05) is 33.2 Å². The summed E-state index contributed by atoms with van der Waals surface area (Å²) in [6.07, 6.45) is 0. The van der Waals surface area contributed by atoms with Crippen LogP contribution in [0.3, 0.4) is 0 Å². The lowest BCUT2D eigenvalue weighted by molar-refractivity contribution is 1.07. The Kier molecular flexibility index (Phi) is 7.43. The molecule has 0 radical (unpaired) electrons. The zero-order chi connectivity index (χ0) is 35.1. The van der Waals surface area contributed by atoms with Crippen molar-refractivity contribution in [3.05, 3.63) is 194 Å². The topological polar surface area (TPSA) is 43.6 Å². The lowest BCUT2D eigenvalue weighted by Gasteiger charge is -2.14. The fourth-order valence-corrected chi connectivity index (χ4v) is 7.58. The molecule has 0 aliphatic rings. The van der Waals surface area contributed by atoms with Gasteiger partial charge in [-0.05, 0) is 75.5 Å². The lowest BCUT2D eigenvalue weighted by Crippen LogP contribution is -2.00. The summed E-state index contributed by atoms with van der Waals surface area (Å²) in [6.45, 7) is 0. The molecule has 248 valence electrons. The molecule has 0 saturated heterocycles. The quantitative estimate of drug-likeness (QED) is 0.176. The van der Waals surface area contributed by atoms with E-state index in [9.17, 15) is 0 Å². The van der Waals surface area contributed by atoms with Gasteiger partial charge < -0.3 is 4.57 Å². The van der Waals surface area contributed by atoms with Crippen LogP contribution < -0.4 is 0 Å². The number of fused-ring (bicyclic) bond motifs is 4. The summed E-state index contributed by atoms with van der Waals surface area (Å²) in [5.74, 6) is 1.90. The Morgan fingerprint density at radius 3 is 1.40 bits per heavy atom. The van der Waals surface area contributed by atoms with E-state index in [4.69, 9.17) is 15.0 Å². The first-order valence-electron chi connectivity index (χ1n) is 17.9. The second kappa shape index (κ2) is 12.9. The molecule has 0 spiro atoms. The Morgan fingerprint density at radius 1 is 0.321 bits per heavy atom. The minimum absolute atomic E-state index is 0.629. The van der Waals surface area contributed by atoms with Crippen LogP contribution in [0, 0.1) is 0 Å². The van der Waals surface area contributed by atoms with Gasteiger partial charge in [0.25, 0.3) is 0 Å². The molecule has 0 saturated carbocycles. The van der Waals surface area contributed by atoms with Crippen LogP contribution in [-0.4, -0.2) is 19.5 Å². The van der Waals surface area contributed by atoms with Crippen molar-refractivity contribution in [2.75, 3.05) is 0 Å². The molecule has 2 heterocycles. The summed E-state index contributed by atoms with van der Waals surface area (Å²) >= 11 is 0. The molecule has 8 aromatic carbocycles. The van der Waals surface area contributed by atoms with Gasteiger partial charge in [0.05, 0.1) is 11.0 Å². The third kappa shape index (κ3) is 5.45. The van der Waals surface area contributed by atoms with Crippen LogP contribution in [0.25, 0.3) is 94.7 Å². The van der Waals surface area contributed by atoms with Gasteiger partial charge in [-0.3, -0.25) is 0 Å². The third-order valence-corrected chi connectivity index (χ3v) is 10.1. The highest BCUT2D eigenvalue weighted by Crippen LogP contribution is 2.38.